The number of halogens is 1. The summed E-state index contributed by atoms with van der Waals surface area (Å²) in [5, 5.41) is 6.20. The van der Waals surface area contributed by atoms with Gasteiger partial charge in [-0.05, 0) is 6.07 Å². The maximum atomic E-state index is 12.0. The van der Waals surface area contributed by atoms with Crippen LogP contribution in [-0.4, -0.2) is 52.0 Å². The van der Waals surface area contributed by atoms with Crippen molar-refractivity contribution in [3.8, 4) is 5.75 Å². The second kappa shape index (κ2) is 11.2. The van der Waals surface area contributed by atoms with E-state index in [0.717, 1.165) is 17.9 Å². The number of nitrogens with one attached hydrogen (secondary N) is 2. The van der Waals surface area contributed by atoms with Crippen LogP contribution < -0.4 is 15.4 Å². The second-order valence-corrected chi connectivity index (χ2v) is 5.16. The summed E-state index contributed by atoms with van der Waals surface area (Å²) in [5.41, 5.74) is 0.958. The SMILES string of the molecule is COCCOc1ccccc1CNC(=O)CC1COCCN1.Cl. The summed E-state index contributed by atoms with van der Waals surface area (Å²) in [5.74, 6) is 0.786. The number of rotatable bonds is 8. The zero-order chi connectivity index (χ0) is 15.6. The minimum Gasteiger partial charge on any atom is -0.491 e. The number of ether oxygens (including phenoxy) is 3. The van der Waals surface area contributed by atoms with Gasteiger partial charge >= 0.3 is 0 Å². The highest BCUT2D eigenvalue weighted by molar-refractivity contribution is 5.85. The molecule has 1 aliphatic rings. The smallest absolute Gasteiger partial charge is 0.221 e. The van der Waals surface area contributed by atoms with Gasteiger partial charge < -0.3 is 24.8 Å². The van der Waals surface area contributed by atoms with Crippen LogP contribution in [0.1, 0.15) is 12.0 Å². The first-order valence-electron chi connectivity index (χ1n) is 7.57. The Morgan fingerprint density at radius 1 is 1.39 bits per heavy atom. The molecule has 1 unspecified atom stereocenters. The molecular weight excluding hydrogens is 320 g/mol. The molecule has 1 fully saturated rings. The van der Waals surface area contributed by atoms with E-state index >= 15 is 0 Å². The van der Waals surface area contributed by atoms with Crippen molar-refractivity contribution in [2.24, 2.45) is 0 Å². The Morgan fingerprint density at radius 3 is 2.96 bits per heavy atom. The van der Waals surface area contributed by atoms with Crippen LogP contribution in [0.3, 0.4) is 0 Å². The molecular formula is C16H25ClN2O4. The summed E-state index contributed by atoms with van der Waals surface area (Å²) < 4.78 is 16.0. The van der Waals surface area contributed by atoms with Gasteiger partial charge in [-0.3, -0.25) is 4.79 Å². The molecule has 1 aromatic carbocycles. The van der Waals surface area contributed by atoms with Crippen LogP contribution in [0, 0.1) is 0 Å². The summed E-state index contributed by atoms with van der Waals surface area (Å²) >= 11 is 0. The molecule has 1 heterocycles. The molecule has 0 aromatic heterocycles. The molecule has 6 nitrogen and oxygen atoms in total. The Balaban J connectivity index is 0.00000264. The normalized spacial score (nSPS) is 17.2. The number of hydrogen-bond donors (Lipinski definition) is 2. The number of morpholine rings is 1. The van der Waals surface area contributed by atoms with E-state index in [1.807, 2.05) is 24.3 Å². The molecule has 0 radical (unpaired) electrons. The molecule has 1 aliphatic heterocycles. The number of carbonyl (C=O) groups is 1. The van der Waals surface area contributed by atoms with E-state index in [1.54, 1.807) is 7.11 Å². The third-order valence-electron chi connectivity index (χ3n) is 3.42. The van der Waals surface area contributed by atoms with E-state index in [0.29, 0.717) is 39.4 Å². The minimum absolute atomic E-state index is 0. The van der Waals surface area contributed by atoms with Crippen LogP contribution in [0.25, 0.3) is 0 Å². The van der Waals surface area contributed by atoms with E-state index in [-0.39, 0.29) is 24.4 Å². The summed E-state index contributed by atoms with van der Waals surface area (Å²) in [6.45, 7) is 3.58. The molecule has 1 aromatic rings. The van der Waals surface area contributed by atoms with E-state index in [1.165, 1.54) is 0 Å². The Labute approximate surface area is 143 Å². The topological polar surface area (TPSA) is 68.8 Å². The van der Waals surface area contributed by atoms with Crippen LogP contribution in [0.15, 0.2) is 24.3 Å². The van der Waals surface area contributed by atoms with Crippen LogP contribution >= 0.6 is 12.4 Å². The van der Waals surface area contributed by atoms with Gasteiger partial charge in [0.2, 0.25) is 5.91 Å². The van der Waals surface area contributed by atoms with Gasteiger partial charge in [0.15, 0.2) is 0 Å². The van der Waals surface area contributed by atoms with Gasteiger partial charge in [-0.1, -0.05) is 18.2 Å². The van der Waals surface area contributed by atoms with Crippen molar-refractivity contribution in [3.63, 3.8) is 0 Å². The number of carbonyl (C=O) groups excluding carboxylic acids is 1. The number of hydrogen-bond acceptors (Lipinski definition) is 5. The van der Waals surface area contributed by atoms with Crippen molar-refractivity contribution in [2.45, 2.75) is 19.0 Å². The van der Waals surface area contributed by atoms with E-state index in [9.17, 15) is 4.79 Å². The van der Waals surface area contributed by atoms with Crippen LogP contribution in [0.2, 0.25) is 0 Å². The molecule has 2 rings (SSSR count). The first-order valence-corrected chi connectivity index (χ1v) is 7.57. The quantitative estimate of drug-likeness (QED) is 0.692. The lowest BCUT2D eigenvalue weighted by Gasteiger charge is -2.23. The molecule has 23 heavy (non-hydrogen) atoms. The summed E-state index contributed by atoms with van der Waals surface area (Å²) in [6.07, 6.45) is 0.423. The molecule has 0 saturated carbocycles. The predicted octanol–water partition coefficient (Wildman–Crippen LogP) is 1.13. The predicted molar refractivity (Wildman–Crippen MR) is 90.1 cm³/mol. The zero-order valence-electron chi connectivity index (χ0n) is 13.4. The zero-order valence-corrected chi connectivity index (χ0v) is 14.2. The average molecular weight is 345 g/mol. The second-order valence-electron chi connectivity index (χ2n) is 5.16. The molecule has 1 atom stereocenters. The average Bonchev–Trinajstić information content (AvgIpc) is 2.55. The van der Waals surface area contributed by atoms with Crippen molar-refractivity contribution in [1.29, 1.82) is 0 Å². The van der Waals surface area contributed by atoms with Gasteiger partial charge in [0.1, 0.15) is 12.4 Å². The Bertz CT molecular complexity index is 467. The van der Waals surface area contributed by atoms with Crippen LogP contribution in [0.5, 0.6) is 5.75 Å². The van der Waals surface area contributed by atoms with Gasteiger partial charge in [0.05, 0.1) is 19.8 Å². The lowest BCUT2D eigenvalue weighted by atomic mass is 10.1. The highest BCUT2D eigenvalue weighted by Gasteiger charge is 2.16. The maximum Gasteiger partial charge on any atom is 0.221 e. The fourth-order valence-electron chi connectivity index (χ4n) is 2.27. The van der Waals surface area contributed by atoms with Gasteiger partial charge in [-0.2, -0.15) is 0 Å². The van der Waals surface area contributed by atoms with Crippen molar-refractivity contribution in [2.75, 3.05) is 40.1 Å². The molecule has 0 bridgehead atoms. The third kappa shape index (κ3) is 7.18. The molecule has 7 heteroatoms. The number of amides is 1. The largest absolute Gasteiger partial charge is 0.491 e. The van der Waals surface area contributed by atoms with Gasteiger partial charge in [-0.15, -0.1) is 12.4 Å². The van der Waals surface area contributed by atoms with Crippen molar-refractivity contribution < 1.29 is 19.0 Å². The summed E-state index contributed by atoms with van der Waals surface area (Å²) in [4.78, 5) is 12.0. The minimum atomic E-state index is 0. The number of para-hydroxylation sites is 1. The third-order valence-corrected chi connectivity index (χ3v) is 3.42. The van der Waals surface area contributed by atoms with Gasteiger partial charge in [0, 0.05) is 38.2 Å². The van der Waals surface area contributed by atoms with E-state index in [4.69, 9.17) is 14.2 Å². The lowest BCUT2D eigenvalue weighted by Crippen LogP contribution is -2.44. The maximum absolute atomic E-state index is 12.0. The van der Waals surface area contributed by atoms with Crippen LogP contribution in [0.4, 0.5) is 0 Å². The summed E-state index contributed by atoms with van der Waals surface area (Å²) in [7, 11) is 1.64. The van der Waals surface area contributed by atoms with Gasteiger partial charge in [-0.25, -0.2) is 0 Å². The van der Waals surface area contributed by atoms with E-state index < -0.39 is 0 Å². The van der Waals surface area contributed by atoms with Crippen molar-refractivity contribution >= 4 is 18.3 Å². The highest BCUT2D eigenvalue weighted by Crippen LogP contribution is 2.17. The first kappa shape index (κ1) is 19.7. The molecule has 1 saturated heterocycles. The fraction of sp³-hybridized carbons (Fsp3) is 0.562. The molecule has 0 aliphatic carbocycles. The fourth-order valence-corrected chi connectivity index (χ4v) is 2.27. The standard InChI is InChI=1S/C16H24N2O4.ClH/c1-20-8-9-22-15-5-3-2-4-13(15)11-18-16(19)10-14-12-21-7-6-17-14;/h2-5,14,17H,6-12H2,1H3,(H,18,19);1H. The molecule has 2 N–H and O–H groups in total. The molecule has 1 amide bonds. The van der Waals surface area contributed by atoms with Crippen LogP contribution in [-0.2, 0) is 20.8 Å². The molecule has 130 valence electrons. The van der Waals surface area contributed by atoms with Gasteiger partial charge in [0.25, 0.3) is 0 Å². The molecule has 0 spiro atoms. The van der Waals surface area contributed by atoms with Crippen molar-refractivity contribution in [3.05, 3.63) is 29.8 Å². The summed E-state index contributed by atoms with van der Waals surface area (Å²) in [6, 6.07) is 7.79. The highest BCUT2D eigenvalue weighted by atomic mass is 35.5. The van der Waals surface area contributed by atoms with E-state index in [2.05, 4.69) is 10.6 Å². The Kier molecular flexibility index (Phi) is 9.63. The lowest BCUT2D eigenvalue weighted by molar-refractivity contribution is -0.122. The monoisotopic (exact) mass is 344 g/mol. The Hall–Kier alpha value is -1.34. The number of methoxy groups -OCH3 is 1. The first-order chi connectivity index (χ1) is 10.8. The Morgan fingerprint density at radius 2 is 2.22 bits per heavy atom. The number of benzene rings is 1. The van der Waals surface area contributed by atoms with Crippen molar-refractivity contribution in [1.82, 2.24) is 10.6 Å².